The summed E-state index contributed by atoms with van der Waals surface area (Å²) in [6.07, 6.45) is 4.08. The van der Waals surface area contributed by atoms with Crippen LogP contribution >= 0.6 is 0 Å². The van der Waals surface area contributed by atoms with Crippen molar-refractivity contribution in [2.45, 2.75) is 44.3 Å². The summed E-state index contributed by atoms with van der Waals surface area (Å²) in [6.45, 7) is 0. The molecule has 3 heteroatoms. The smallest absolute Gasteiger partial charge is 0.201 e. The summed E-state index contributed by atoms with van der Waals surface area (Å²) in [5.41, 5.74) is 0. The summed E-state index contributed by atoms with van der Waals surface area (Å²) >= 11 is 0. The summed E-state index contributed by atoms with van der Waals surface area (Å²) in [6, 6.07) is 0. The molecule has 0 spiro atoms. The van der Waals surface area contributed by atoms with Gasteiger partial charge in [-0.3, -0.25) is 4.79 Å². The maximum Gasteiger partial charge on any atom is 0.201 e. The van der Waals surface area contributed by atoms with Gasteiger partial charge in [0.25, 0.3) is 0 Å². The SMILES string of the molecule is O=[C]C1CCCC(O)C(O)CC1. The first-order chi connectivity index (χ1) is 5.74. The summed E-state index contributed by atoms with van der Waals surface area (Å²) in [5, 5.41) is 18.6. The average Bonchev–Trinajstić information content (AvgIpc) is 2.07. The van der Waals surface area contributed by atoms with Crippen LogP contribution in [0.15, 0.2) is 0 Å². The number of carbonyl (C=O) groups excluding carboxylic acids is 1. The number of aliphatic hydroxyl groups is 2. The van der Waals surface area contributed by atoms with Crippen molar-refractivity contribution in [2.75, 3.05) is 0 Å². The summed E-state index contributed by atoms with van der Waals surface area (Å²) in [4.78, 5) is 10.3. The van der Waals surface area contributed by atoms with Gasteiger partial charge in [-0.2, -0.15) is 0 Å². The zero-order chi connectivity index (χ0) is 8.97. The first-order valence-corrected chi connectivity index (χ1v) is 4.48. The molecule has 1 aliphatic carbocycles. The van der Waals surface area contributed by atoms with E-state index in [-0.39, 0.29) is 5.92 Å². The number of hydrogen-bond acceptors (Lipinski definition) is 3. The van der Waals surface area contributed by atoms with Crippen molar-refractivity contribution in [3.63, 3.8) is 0 Å². The lowest BCUT2D eigenvalue weighted by molar-refractivity contribution is 0.000768. The molecule has 0 aromatic carbocycles. The van der Waals surface area contributed by atoms with E-state index in [1.807, 2.05) is 6.29 Å². The van der Waals surface area contributed by atoms with Crippen molar-refractivity contribution in [3.8, 4) is 0 Å². The Labute approximate surface area is 72.4 Å². The predicted molar refractivity (Wildman–Crippen MR) is 44.3 cm³/mol. The number of rotatable bonds is 1. The van der Waals surface area contributed by atoms with E-state index in [0.29, 0.717) is 19.3 Å². The van der Waals surface area contributed by atoms with E-state index >= 15 is 0 Å². The molecular formula is C9H15O3. The van der Waals surface area contributed by atoms with E-state index in [2.05, 4.69) is 0 Å². The van der Waals surface area contributed by atoms with Crippen LogP contribution in [0.25, 0.3) is 0 Å². The van der Waals surface area contributed by atoms with Crippen LogP contribution in [-0.2, 0) is 4.79 Å². The van der Waals surface area contributed by atoms with Crippen molar-refractivity contribution >= 4 is 6.29 Å². The molecule has 1 rings (SSSR count). The lowest BCUT2D eigenvalue weighted by Crippen LogP contribution is -2.28. The van der Waals surface area contributed by atoms with Gasteiger partial charge in [0.15, 0.2) is 0 Å². The van der Waals surface area contributed by atoms with Crippen LogP contribution in [0, 0.1) is 5.92 Å². The van der Waals surface area contributed by atoms with E-state index in [9.17, 15) is 15.0 Å². The second-order valence-corrected chi connectivity index (χ2v) is 3.46. The van der Waals surface area contributed by atoms with Gasteiger partial charge < -0.3 is 10.2 Å². The second kappa shape index (κ2) is 4.58. The predicted octanol–water partition coefficient (Wildman–Crippen LogP) is 0.398. The van der Waals surface area contributed by atoms with Crippen LogP contribution in [-0.4, -0.2) is 28.7 Å². The molecule has 3 atom stereocenters. The molecule has 0 aromatic rings. The zero-order valence-corrected chi connectivity index (χ0v) is 7.07. The van der Waals surface area contributed by atoms with Gasteiger partial charge in [-0.25, -0.2) is 0 Å². The highest BCUT2D eigenvalue weighted by atomic mass is 16.3. The van der Waals surface area contributed by atoms with Crippen LogP contribution < -0.4 is 0 Å². The monoisotopic (exact) mass is 171 g/mol. The normalized spacial score (nSPS) is 38.3. The highest BCUT2D eigenvalue weighted by Gasteiger charge is 2.21. The van der Waals surface area contributed by atoms with E-state index in [4.69, 9.17) is 0 Å². The fourth-order valence-corrected chi connectivity index (χ4v) is 1.59. The van der Waals surface area contributed by atoms with Gasteiger partial charge in [0, 0.05) is 5.92 Å². The quantitative estimate of drug-likeness (QED) is 0.600. The third-order valence-electron chi connectivity index (χ3n) is 2.47. The van der Waals surface area contributed by atoms with E-state index in [1.165, 1.54) is 0 Å². The summed E-state index contributed by atoms with van der Waals surface area (Å²) < 4.78 is 0. The molecule has 1 radical (unpaired) electrons. The molecule has 1 saturated carbocycles. The number of hydrogen-bond donors (Lipinski definition) is 2. The van der Waals surface area contributed by atoms with Crippen LogP contribution in [0.4, 0.5) is 0 Å². The Bertz CT molecular complexity index is 147. The van der Waals surface area contributed by atoms with Crippen molar-refractivity contribution in [3.05, 3.63) is 0 Å². The molecule has 3 unspecified atom stereocenters. The molecule has 0 saturated heterocycles. The molecule has 1 aliphatic rings. The van der Waals surface area contributed by atoms with Crippen molar-refractivity contribution < 1.29 is 15.0 Å². The van der Waals surface area contributed by atoms with E-state index in [1.54, 1.807) is 0 Å². The molecular weight excluding hydrogens is 156 g/mol. The first-order valence-electron chi connectivity index (χ1n) is 4.48. The molecule has 1 fully saturated rings. The minimum absolute atomic E-state index is 0.0350. The van der Waals surface area contributed by atoms with E-state index in [0.717, 1.165) is 12.8 Å². The molecule has 12 heavy (non-hydrogen) atoms. The maximum absolute atomic E-state index is 10.3. The van der Waals surface area contributed by atoms with E-state index < -0.39 is 12.2 Å². The van der Waals surface area contributed by atoms with Gasteiger partial charge in [0.2, 0.25) is 6.29 Å². The molecule has 69 valence electrons. The van der Waals surface area contributed by atoms with Crippen molar-refractivity contribution in [1.82, 2.24) is 0 Å². The maximum atomic E-state index is 10.3. The largest absolute Gasteiger partial charge is 0.390 e. The topological polar surface area (TPSA) is 57.5 Å². The Hall–Kier alpha value is -0.410. The Morgan fingerprint density at radius 2 is 1.67 bits per heavy atom. The van der Waals surface area contributed by atoms with Gasteiger partial charge in [-0.15, -0.1) is 0 Å². The lowest BCUT2D eigenvalue weighted by Gasteiger charge is -2.22. The fraction of sp³-hybridized carbons (Fsp3) is 0.889. The molecule has 0 aliphatic heterocycles. The Morgan fingerprint density at radius 3 is 2.33 bits per heavy atom. The summed E-state index contributed by atoms with van der Waals surface area (Å²) in [7, 11) is 0. The zero-order valence-electron chi connectivity index (χ0n) is 7.07. The standard InChI is InChI=1S/C9H15O3/c10-6-7-2-1-3-8(11)9(12)5-4-7/h7-9,11-12H,1-5H2. The highest BCUT2D eigenvalue weighted by Crippen LogP contribution is 2.21. The highest BCUT2D eigenvalue weighted by molar-refractivity contribution is 5.54. The minimum atomic E-state index is -0.652. The third-order valence-corrected chi connectivity index (χ3v) is 2.47. The fourth-order valence-electron chi connectivity index (χ4n) is 1.59. The molecule has 0 amide bonds. The van der Waals surface area contributed by atoms with Crippen molar-refractivity contribution in [2.24, 2.45) is 5.92 Å². The Morgan fingerprint density at radius 1 is 1.00 bits per heavy atom. The number of aliphatic hydroxyl groups excluding tert-OH is 2. The van der Waals surface area contributed by atoms with Gasteiger partial charge in [-0.05, 0) is 25.7 Å². The minimum Gasteiger partial charge on any atom is -0.390 e. The third kappa shape index (κ3) is 2.57. The van der Waals surface area contributed by atoms with Crippen LogP contribution in [0.1, 0.15) is 32.1 Å². The average molecular weight is 171 g/mol. The van der Waals surface area contributed by atoms with Crippen LogP contribution in [0.3, 0.4) is 0 Å². The first kappa shape index (κ1) is 9.68. The summed E-state index contributed by atoms with van der Waals surface area (Å²) in [5.74, 6) is -0.0350. The Balaban J connectivity index is 2.40. The van der Waals surface area contributed by atoms with Gasteiger partial charge >= 0.3 is 0 Å². The lowest BCUT2D eigenvalue weighted by atomic mass is 9.89. The van der Waals surface area contributed by atoms with Crippen LogP contribution in [0.2, 0.25) is 0 Å². The van der Waals surface area contributed by atoms with Gasteiger partial charge in [0.1, 0.15) is 0 Å². The van der Waals surface area contributed by atoms with Gasteiger partial charge in [-0.1, -0.05) is 6.42 Å². The van der Waals surface area contributed by atoms with Crippen molar-refractivity contribution in [1.29, 1.82) is 0 Å². The second-order valence-electron chi connectivity index (χ2n) is 3.46. The van der Waals surface area contributed by atoms with Crippen LogP contribution in [0.5, 0.6) is 0 Å². The van der Waals surface area contributed by atoms with Gasteiger partial charge in [0.05, 0.1) is 12.2 Å². The Kier molecular flexibility index (Phi) is 3.69. The molecule has 0 bridgehead atoms. The molecule has 3 nitrogen and oxygen atoms in total. The molecule has 0 aromatic heterocycles. The molecule has 2 N–H and O–H groups in total. The molecule has 0 heterocycles.